The second-order valence-electron chi connectivity index (χ2n) is 9.13. The van der Waals surface area contributed by atoms with Crippen molar-refractivity contribution in [2.75, 3.05) is 0 Å². The van der Waals surface area contributed by atoms with Crippen molar-refractivity contribution in [3.05, 3.63) is 108 Å². The first-order valence-corrected chi connectivity index (χ1v) is 12.3. The lowest BCUT2D eigenvalue weighted by Gasteiger charge is -2.12. The van der Waals surface area contributed by atoms with Gasteiger partial charge in [-0.15, -0.1) is 13.2 Å². The van der Waals surface area contributed by atoms with E-state index in [2.05, 4.69) is 53.5 Å². The lowest BCUT2D eigenvalue weighted by molar-refractivity contribution is 0.304. The number of fused-ring (bicyclic) bond motifs is 6. The summed E-state index contributed by atoms with van der Waals surface area (Å²) in [6.45, 7) is 8.15. The predicted molar refractivity (Wildman–Crippen MR) is 150 cm³/mol. The molecule has 0 unspecified atom stereocenters. The quantitative estimate of drug-likeness (QED) is 0.196. The predicted octanol–water partition coefficient (Wildman–Crippen LogP) is 8.35. The molecule has 178 valence electrons. The summed E-state index contributed by atoms with van der Waals surface area (Å²) in [5.74, 6) is 1.11. The van der Waals surface area contributed by atoms with Gasteiger partial charge in [-0.1, -0.05) is 42.0 Å². The highest BCUT2D eigenvalue weighted by Crippen LogP contribution is 2.35. The van der Waals surface area contributed by atoms with Gasteiger partial charge in [0.05, 0.1) is 11.0 Å². The number of halogens is 1. The summed E-state index contributed by atoms with van der Waals surface area (Å²) in [6.07, 6.45) is 5.03. The summed E-state index contributed by atoms with van der Waals surface area (Å²) >= 11 is 6.20. The molecule has 2 aromatic heterocycles. The zero-order chi connectivity index (χ0) is 24.8. The molecule has 0 radical (unpaired) electrons. The van der Waals surface area contributed by atoms with E-state index in [1.807, 2.05) is 30.3 Å². The Hall–Kier alpha value is -4.15. The van der Waals surface area contributed by atoms with Gasteiger partial charge < -0.3 is 19.8 Å². The third-order valence-electron chi connectivity index (χ3n) is 6.73. The summed E-state index contributed by atoms with van der Waals surface area (Å²) in [5.41, 5.74) is 6.95. The van der Waals surface area contributed by atoms with Crippen LogP contribution in [0.1, 0.15) is 16.7 Å². The number of aromatic hydroxyl groups is 1. The molecule has 5 heteroatoms. The Morgan fingerprint density at radius 1 is 0.722 bits per heavy atom. The molecule has 6 rings (SSSR count). The van der Waals surface area contributed by atoms with Crippen LogP contribution in [0.2, 0.25) is 5.02 Å². The van der Waals surface area contributed by atoms with Gasteiger partial charge in [0.2, 0.25) is 0 Å². The molecule has 3 N–H and O–H groups in total. The lowest BCUT2D eigenvalue weighted by atomic mass is 10.0. The van der Waals surface area contributed by atoms with Crippen molar-refractivity contribution < 1.29 is 9.84 Å². The highest BCUT2D eigenvalue weighted by Gasteiger charge is 2.13. The first-order valence-electron chi connectivity index (χ1n) is 11.9. The van der Waals surface area contributed by atoms with Crippen molar-refractivity contribution in [2.45, 2.75) is 19.4 Å². The number of aromatic nitrogens is 2. The maximum Gasteiger partial charge on any atom is 0.125 e. The van der Waals surface area contributed by atoms with Gasteiger partial charge in [0.25, 0.3) is 0 Å². The number of phenolic OH excluding ortho intramolecular Hbond substituents is 1. The van der Waals surface area contributed by atoms with E-state index in [1.54, 1.807) is 12.1 Å². The van der Waals surface area contributed by atoms with E-state index in [0.717, 1.165) is 66.1 Å². The van der Waals surface area contributed by atoms with Gasteiger partial charge in [-0.25, -0.2) is 0 Å². The molecule has 36 heavy (non-hydrogen) atoms. The van der Waals surface area contributed by atoms with Crippen LogP contribution in [0.3, 0.4) is 0 Å². The zero-order valence-electron chi connectivity index (χ0n) is 19.7. The van der Waals surface area contributed by atoms with Crippen molar-refractivity contribution in [1.82, 2.24) is 9.97 Å². The van der Waals surface area contributed by atoms with Crippen molar-refractivity contribution in [1.29, 1.82) is 0 Å². The minimum absolute atomic E-state index is 0.280. The highest BCUT2D eigenvalue weighted by molar-refractivity contribution is 6.31. The van der Waals surface area contributed by atoms with Crippen LogP contribution in [-0.4, -0.2) is 15.1 Å². The number of hydrogen-bond donors (Lipinski definition) is 3. The van der Waals surface area contributed by atoms with Crippen LogP contribution in [0.4, 0.5) is 0 Å². The molecular formula is C31H25ClN2O2. The third kappa shape index (κ3) is 3.80. The summed E-state index contributed by atoms with van der Waals surface area (Å²) in [7, 11) is 0. The Balaban J connectivity index is 1.34. The molecular weight excluding hydrogens is 468 g/mol. The molecule has 0 saturated heterocycles. The third-order valence-corrected chi connectivity index (χ3v) is 6.96. The number of hydrogen-bond acceptors (Lipinski definition) is 2. The van der Waals surface area contributed by atoms with Crippen LogP contribution in [0.15, 0.2) is 86.0 Å². The molecule has 6 aromatic rings. The van der Waals surface area contributed by atoms with E-state index >= 15 is 0 Å². The van der Waals surface area contributed by atoms with Crippen LogP contribution in [0.25, 0.3) is 43.6 Å². The van der Waals surface area contributed by atoms with E-state index in [-0.39, 0.29) is 5.75 Å². The number of allylic oxidation sites excluding steroid dienone is 2. The summed E-state index contributed by atoms with van der Waals surface area (Å²) in [4.78, 5) is 6.89. The molecule has 0 aliphatic carbocycles. The normalized spacial score (nSPS) is 11.6. The first kappa shape index (κ1) is 22.3. The Labute approximate surface area is 213 Å². The summed E-state index contributed by atoms with van der Waals surface area (Å²) in [6, 6.07) is 20.3. The molecule has 0 atom stereocenters. The van der Waals surface area contributed by atoms with E-state index < -0.39 is 0 Å². The number of rotatable bonds is 7. The molecule has 0 spiro atoms. The Kier molecular flexibility index (Phi) is 5.46. The van der Waals surface area contributed by atoms with E-state index in [4.69, 9.17) is 16.3 Å². The monoisotopic (exact) mass is 492 g/mol. The topological polar surface area (TPSA) is 61.0 Å². The van der Waals surface area contributed by atoms with Crippen LogP contribution < -0.4 is 4.74 Å². The van der Waals surface area contributed by atoms with Gasteiger partial charge in [-0.3, -0.25) is 0 Å². The second kappa shape index (κ2) is 8.81. The van der Waals surface area contributed by atoms with E-state index in [1.165, 1.54) is 0 Å². The maximum atomic E-state index is 10.3. The Morgan fingerprint density at radius 2 is 1.33 bits per heavy atom. The molecule has 0 bridgehead atoms. The SMILES string of the molecule is C=CCc1cc2c(cc1O)[nH]c1cc(COc3cc4[nH]c5cc(Cl)ccc5c4cc3CC=C)ccc12. The van der Waals surface area contributed by atoms with Crippen LogP contribution in [-0.2, 0) is 19.4 Å². The molecule has 0 saturated carbocycles. The maximum absolute atomic E-state index is 10.3. The number of phenols is 1. The summed E-state index contributed by atoms with van der Waals surface area (Å²) in [5, 5.41) is 15.5. The standard InChI is InChI=1S/C31H25ClN2O2/c1-3-5-19-12-24-22-9-7-18(11-26(22)33-28(24)15-30(19)35)17-36-31-16-29-25(13-20(31)6-4-2)23-10-8-21(32)14-27(23)34-29/h3-4,7-16,33-35H,1-2,5-6,17H2. The van der Waals surface area contributed by atoms with Crippen LogP contribution in [0, 0.1) is 0 Å². The van der Waals surface area contributed by atoms with E-state index in [9.17, 15) is 5.11 Å². The van der Waals surface area contributed by atoms with Crippen molar-refractivity contribution in [3.63, 3.8) is 0 Å². The molecule has 0 fully saturated rings. The zero-order valence-corrected chi connectivity index (χ0v) is 20.5. The van der Waals surface area contributed by atoms with Gasteiger partial charge in [0, 0.05) is 49.7 Å². The van der Waals surface area contributed by atoms with Gasteiger partial charge >= 0.3 is 0 Å². The summed E-state index contributed by atoms with van der Waals surface area (Å²) < 4.78 is 6.34. The number of benzene rings is 4. The largest absolute Gasteiger partial charge is 0.508 e. The highest BCUT2D eigenvalue weighted by atomic mass is 35.5. The average molecular weight is 493 g/mol. The first-order chi connectivity index (χ1) is 17.5. The van der Waals surface area contributed by atoms with Gasteiger partial charge in [0.15, 0.2) is 0 Å². The molecule has 2 heterocycles. The Bertz CT molecular complexity index is 1810. The van der Waals surface area contributed by atoms with Gasteiger partial charge in [-0.2, -0.15) is 0 Å². The fourth-order valence-corrected chi connectivity index (χ4v) is 5.18. The van der Waals surface area contributed by atoms with Crippen molar-refractivity contribution in [2.24, 2.45) is 0 Å². The molecule has 0 amide bonds. The van der Waals surface area contributed by atoms with E-state index in [0.29, 0.717) is 24.5 Å². The van der Waals surface area contributed by atoms with Crippen molar-refractivity contribution in [3.8, 4) is 11.5 Å². The van der Waals surface area contributed by atoms with Crippen LogP contribution >= 0.6 is 11.6 Å². The van der Waals surface area contributed by atoms with Gasteiger partial charge in [0.1, 0.15) is 18.1 Å². The molecule has 4 nitrogen and oxygen atoms in total. The number of nitrogens with one attached hydrogen (secondary N) is 2. The number of H-pyrrole nitrogens is 2. The minimum atomic E-state index is 0.280. The number of aromatic amines is 2. The molecule has 0 aliphatic rings. The Morgan fingerprint density at radius 3 is 2.08 bits per heavy atom. The average Bonchev–Trinajstić information content (AvgIpc) is 3.39. The lowest BCUT2D eigenvalue weighted by Crippen LogP contribution is -1.98. The van der Waals surface area contributed by atoms with Crippen molar-refractivity contribution >= 4 is 55.2 Å². The smallest absolute Gasteiger partial charge is 0.125 e. The minimum Gasteiger partial charge on any atom is -0.508 e. The fourth-order valence-electron chi connectivity index (χ4n) is 5.00. The molecule has 0 aliphatic heterocycles. The molecule has 4 aromatic carbocycles. The number of ether oxygens (including phenoxy) is 1. The fraction of sp³-hybridized carbons (Fsp3) is 0.0968. The van der Waals surface area contributed by atoms with Gasteiger partial charge in [-0.05, 0) is 59.9 Å². The second-order valence-corrected chi connectivity index (χ2v) is 9.56. The van der Waals surface area contributed by atoms with Crippen LogP contribution in [0.5, 0.6) is 11.5 Å².